The van der Waals surface area contributed by atoms with Crippen molar-refractivity contribution in [3.63, 3.8) is 0 Å². The number of thiophene rings is 1. The molecule has 1 rings (SSSR count). The molecule has 0 bridgehead atoms. The number of nitrogens with one attached hydrogen (secondary N) is 1. The van der Waals surface area contributed by atoms with E-state index in [0.717, 1.165) is 37.7 Å². The van der Waals surface area contributed by atoms with Crippen molar-refractivity contribution in [2.45, 2.75) is 32.6 Å². The van der Waals surface area contributed by atoms with Crippen molar-refractivity contribution in [1.82, 2.24) is 5.32 Å². The van der Waals surface area contributed by atoms with Gasteiger partial charge in [0.05, 0.1) is 0 Å². The molecule has 0 aliphatic heterocycles. The molecular formula is C13H22ClNS. The van der Waals surface area contributed by atoms with E-state index in [1.807, 2.05) is 11.3 Å². The SMILES string of the molecule is CCCC(CCCl)CNCCc1cccs1. The van der Waals surface area contributed by atoms with Crippen molar-refractivity contribution >= 4 is 22.9 Å². The first-order valence-electron chi connectivity index (χ1n) is 6.15. The Balaban J connectivity index is 2.08. The van der Waals surface area contributed by atoms with Gasteiger partial charge in [-0.15, -0.1) is 22.9 Å². The number of hydrogen-bond acceptors (Lipinski definition) is 2. The Morgan fingerprint density at radius 2 is 2.31 bits per heavy atom. The van der Waals surface area contributed by atoms with Crippen molar-refractivity contribution < 1.29 is 0 Å². The summed E-state index contributed by atoms with van der Waals surface area (Å²) in [5, 5.41) is 5.68. The summed E-state index contributed by atoms with van der Waals surface area (Å²) < 4.78 is 0. The Labute approximate surface area is 108 Å². The maximum Gasteiger partial charge on any atom is 0.0226 e. The highest BCUT2D eigenvalue weighted by molar-refractivity contribution is 7.09. The van der Waals surface area contributed by atoms with Gasteiger partial charge in [-0.2, -0.15) is 0 Å². The van der Waals surface area contributed by atoms with Crippen LogP contribution in [0, 0.1) is 5.92 Å². The minimum absolute atomic E-state index is 0.755. The van der Waals surface area contributed by atoms with E-state index in [1.165, 1.54) is 17.7 Å². The molecule has 1 aromatic heterocycles. The molecule has 0 saturated carbocycles. The van der Waals surface area contributed by atoms with E-state index in [9.17, 15) is 0 Å². The summed E-state index contributed by atoms with van der Waals surface area (Å²) in [6, 6.07) is 4.32. The minimum atomic E-state index is 0.755. The summed E-state index contributed by atoms with van der Waals surface area (Å²) in [6.45, 7) is 4.45. The van der Waals surface area contributed by atoms with Crippen LogP contribution < -0.4 is 5.32 Å². The van der Waals surface area contributed by atoms with Gasteiger partial charge in [0.2, 0.25) is 0 Å². The summed E-state index contributed by atoms with van der Waals surface area (Å²) in [5.41, 5.74) is 0. The second kappa shape index (κ2) is 9.03. The van der Waals surface area contributed by atoms with Crippen molar-refractivity contribution in [2.24, 2.45) is 5.92 Å². The highest BCUT2D eigenvalue weighted by Crippen LogP contribution is 2.11. The van der Waals surface area contributed by atoms with Crippen molar-refractivity contribution in [2.75, 3.05) is 19.0 Å². The number of rotatable bonds is 9. The van der Waals surface area contributed by atoms with E-state index in [2.05, 4.69) is 29.8 Å². The molecule has 92 valence electrons. The third-order valence-electron chi connectivity index (χ3n) is 2.78. The van der Waals surface area contributed by atoms with Crippen molar-refractivity contribution in [3.8, 4) is 0 Å². The molecule has 1 heterocycles. The molecule has 0 spiro atoms. The van der Waals surface area contributed by atoms with Crippen LogP contribution in [-0.4, -0.2) is 19.0 Å². The third kappa shape index (κ3) is 5.88. The van der Waals surface area contributed by atoms with Gasteiger partial charge in [-0.05, 0) is 49.7 Å². The molecule has 1 aromatic rings. The fourth-order valence-corrected chi connectivity index (χ4v) is 2.90. The molecule has 0 amide bonds. The lowest BCUT2D eigenvalue weighted by Crippen LogP contribution is -2.25. The lowest BCUT2D eigenvalue weighted by molar-refractivity contribution is 0.433. The first-order valence-corrected chi connectivity index (χ1v) is 7.57. The molecule has 1 N–H and O–H groups in total. The summed E-state index contributed by atoms with van der Waals surface area (Å²) >= 11 is 7.64. The molecule has 1 nitrogen and oxygen atoms in total. The molecule has 1 unspecified atom stereocenters. The van der Waals surface area contributed by atoms with Crippen LogP contribution in [0.1, 0.15) is 31.1 Å². The van der Waals surface area contributed by atoms with Crippen LogP contribution in [0.15, 0.2) is 17.5 Å². The third-order valence-corrected chi connectivity index (χ3v) is 3.93. The van der Waals surface area contributed by atoms with Gasteiger partial charge in [0.1, 0.15) is 0 Å². The zero-order valence-corrected chi connectivity index (χ0v) is 11.6. The molecule has 16 heavy (non-hydrogen) atoms. The fraction of sp³-hybridized carbons (Fsp3) is 0.692. The summed E-state index contributed by atoms with van der Waals surface area (Å²) in [5.74, 6) is 1.54. The Bertz CT molecular complexity index is 242. The largest absolute Gasteiger partial charge is 0.316 e. The molecule has 3 heteroatoms. The van der Waals surface area contributed by atoms with Crippen LogP contribution in [0.5, 0.6) is 0 Å². The monoisotopic (exact) mass is 259 g/mol. The fourth-order valence-electron chi connectivity index (χ4n) is 1.88. The lowest BCUT2D eigenvalue weighted by Gasteiger charge is -2.15. The zero-order valence-electron chi connectivity index (χ0n) is 10.0. The lowest BCUT2D eigenvalue weighted by atomic mass is 10.0. The van der Waals surface area contributed by atoms with Crippen LogP contribution >= 0.6 is 22.9 Å². The van der Waals surface area contributed by atoms with E-state index in [4.69, 9.17) is 11.6 Å². The molecule has 0 aliphatic carbocycles. The summed E-state index contributed by atoms with van der Waals surface area (Å²) in [6.07, 6.45) is 4.84. The second-order valence-electron chi connectivity index (χ2n) is 4.17. The van der Waals surface area contributed by atoms with Crippen LogP contribution in [0.4, 0.5) is 0 Å². The van der Waals surface area contributed by atoms with Crippen LogP contribution in [0.3, 0.4) is 0 Å². The molecular weight excluding hydrogens is 238 g/mol. The van der Waals surface area contributed by atoms with E-state index < -0.39 is 0 Å². The van der Waals surface area contributed by atoms with Crippen molar-refractivity contribution in [1.29, 1.82) is 0 Å². The summed E-state index contributed by atoms with van der Waals surface area (Å²) in [7, 11) is 0. The number of hydrogen-bond donors (Lipinski definition) is 1. The van der Waals surface area contributed by atoms with Gasteiger partial charge in [-0.3, -0.25) is 0 Å². The minimum Gasteiger partial charge on any atom is -0.316 e. The molecule has 0 saturated heterocycles. The van der Waals surface area contributed by atoms with Gasteiger partial charge >= 0.3 is 0 Å². The van der Waals surface area contributed by atoms with E-state index in [-0.39, 0.29) is 0 Å². The molecule has 0 radical (unpaired) electrons. The quantitative estimate of drug-likeness (QED) is 0.524. The first kappa shape index (κ1) is 14.0. The maximum absolute atomic E-state index is 5.80. The zero-order chi connectivity index (χ0) is 11.6. The molecule has 0 aromatic carbocycles. The van der Waals surface area contributed by atoms with E-state index >= 15 is 0 Å². The van der Waals surface area contributed by atoms with Gasteiger partial charge in [-0.1, -0.05) is 19.4 Å². The van der Waals surface area contributed by atoms with Gasteiger partial charge in [-0.25, -0.2) is 0 Å². The standard InChI is InChI=1S/C13H22ClNS/c1-2-4-12(6-8-14)11-15-9-7-13-5-3-10-16-13/h3,5,10,12,15H,2,4,6-9,11H2,1H3. The number of alkyl halides is 1. The van der Waals surface area contributed by atoms with Gasteiger partial charge in [0.25, 0.3) is 0 Å². The second-order valence-corrected chi connectivity index (χ2v) is 5.58. The average Bonchev–Trinajstić information content (AvgIpc) is 2.78. The topological polar surface area (TPSA) is 12.0 Å². The van der Waals surface area contributed by atoms with Gasteiger partial charge in [0.15, 0.2) is 0 Å². The Morgan fingerprint density at radius 1 is 1.44 bits per heavy atom. The summed E-state index contributed by atoms with van der Waals surface area (Å²) in [4.78, 5) is 1.47. The average molecular weight is 260 g/mol. The molecule has 1 atom stereocenters. The van der Waals surface area contributed by atoms with Crippen LogP contribution in [-0.2, 0) is 6.42 Å². The Morgan fingerprint density at radius 3 is 2.94 bits per heavy atom. The smallest absolute Gasteiger partial charge is 0.0226 e. The predicted octanol–water partition coefficient (Wildman–Crippen LogP) is 3.93. The predicted molar refractivity (Wildman–Crippen MR) is 74.6 cm³/mol. The molecule has 0 aliphatic rings. The first-order chi connectivity index (χ1) is 7.86. The van der Waals surface area contributed by atoms with Gasteiger partial charge < -0.3 is 5.32 Å². The number of halogens is 1. The van der Waals surface area contributed by atoms with E-state index in [1.54, 1.807) is 0 Å². The Hall–Kier alpha value is -0.0500. The van der Waals surface area contributed by atoms with Gasteiger partial charge in [0, 0.05) is 10.8 Å². The molecule has 0 fully saturated rings. The van der Waals surface area contributed by atoms with E-state index in [0.29, 0.717) is 0 Å². The van der Waals surface area contributed by atoms with Crippen LogP contribution in [0.2, 0.25) is 0 Å². The highest BCUT2D eigenvalue weighted by atomic mass is 35.5. The van der Waals surface area contributed by atoms with Crippen LogP contribution in [0.25, 0.3) is 0 Å². The normalized spacial score (nSPS) is 12.9. The Kier molecular flexibility index (Phi) is 7.91. The maximum atomic E-state index is 5.80. The highest BCUT2D eigenvalue weighted by Gasteiger charge is 2.06. The van der Waals surface area contributed by atoms with Crippen molar-refractivity contribution in [3.05, 3.63) is 22.4 Å².